The standard InChI is InChI=1S/C21H24N4O3S3/c1-2-25(12-15-13-27-17-7-3-4-8-18(17)28-15)19(26)14-30-21-24-23-20(31-21)22-10-9-16-6-5-11-29-16/h3-8,11,15H,2,9-10,12-14H2,1H3,(H,22,23). The molecule has 0 radical (unpaired) electrons. The van der Waals surface area contributed by atoms with Crippen molar-refractivity contribution in [1.82, 2.24) is 15.1 Å². The number of hydrogen-bond acceptors (Lipinski definition) is 9. The van der Waals surface area contributed by atoms with Crippen molar-refractivity contribution in [1.29, 1.82) is 0 Å². The minimum absolute atomic E-state index is 0.0531. The molecule has 164 valence electrons. The van der Waals surface area contributed by atoms with Crippen LogP contribution in [0.4, 0.5) is 5.13 Å². The number of thiophene rings is 1. The normalized spacial score (nSPS) is 14.9. The van der Waals surface area contributed by atoms with Gasteiger partial charge in [-0.05, 0) is 36.9 Å². The Morgan fingerprint density at radius 3 is 2.94 bits per heavy atom. The zero-order valence-corrected chi connectivity index (χ0v) is 19.6. The molecule has 7 nitrogen and oxygen atoms in total. The summed E-state index contributed by atoms with van der Waals surface area (Å²) in [5.41, 5.74) is 0. The quantitative estimate of drug-likeness (QED) is 0.443. The van der Waals surface area contributed by atoms with Crippen LogP contribution in [-0.2, 0) is 11.2 Å². The monoisotopic (exact) mass is 476 g/mol. The van der Waals surface area contributed by atoms with Crippen LogP contribution in [0.1, 0.15) is 11.8 Å². The Labute approximate surface area is 193 Å². The van der Waals surface area contributed by atoms with Crippen molar-refractivity contribution in [3.63, 3.8) is 0 Å². The van der Waals surface area contributed by atoms with Crippen LogP contribution in [0, 0.1) is 0 Å². The summed E-state index contributed by atoms with van der Waals surface area (Å²) in [4.78, 5) is 15.9. The van der Waals surface area contributed by atoms with Crippen LogP contribution < -0.4 is 14.8 Å². The summed E-state index contributed by atoms with van der Waals surface area (Å²) in [5, 5.41) is 14.5. The van der Waals surface area contributed by atoms with Crippen molar-refractivity contribution < 1.29 is 14.3 Å². The predicted molar refractivity (Wildman–Crippen MR) is 126 cm³/mol. The average molecular weight is 477 g/mol. The maximum Gasteiger partial charge on any atom is 0.233 e. The first-order valence-corrected chi connectivity index (χ1v) is 12.8. The molecule has 3 heterocycles. The second-order valence-electron chi connectivity index (χ2n) is 6.85. The predicted octanol–water partition coefficient (Wildman–Crippen LogP) is 4.03. The van der Waals surface area contributed by atoms with Crippen LogP contribution >= 0.6 is 34.4 Å². The molecule has 0 saturated heterocycles. The highest BCUT2D eigenvalue weighted by Crippen LogP contribution is 2.31. The van der Waals surface area contributed by atoms with E-state index in [4.69, 9.17) is 9.47 Å². The third-order valence-electron chi connectivity index (χ3n) is 4.68. The number of thioether (sulfide) groups is 1. The Morgan fingerprint density at radius 1 is 1.26 bits per heavy atom. The minimum atomic E-state index is -0.176. The van der Waals surface area contributed by atoms with Gasteiger partial charge in [0, 0.05) is 18.0 Å². The van der Waals surface area contributed by atoms with E-state index in [1.165, 1.54) is 28.0 Å². The van der Waals surface area contributed by atoms with Gasteiger partial charge in [-0.1, -0.05) is 41.3 Å². The summed E-state index contributed by atoms with van der Waals surface area (Å²) in [6.07, 6.45) is 0.783. The van der Waals surface area contributed by atoms with Gasteiger partial charge in [-0.15, -0.1) is 21.5 Å². The van der Waals surface area contributed by atoms with E-state index in [2.05, 4.69) is 33.0 Å². The number of para-hydroxylation sites is 2. The van der Waals surface area contributed by atoms with E-state index < -0.39 is 0 Å². The second kappa shape index (κ2) is 10.8. The number of ether oxygens (including phenoxy) is 2. The third-order valence-corrected chi connectivity index (χ3v) is 7.61. The van der Waals surface area contributed by atoms with E-state index >= 15 is 0 Å². The van der Waals surface area contributed by atoms with E-state index in [0.717, 1.165) is 33.9 Å². The molecule has 4 rings (SSSR count). The number of carbonyl (C=O) groups excluding carboxylic acids is 1. The van der Waals surface area contributed by atoms with Gasteiger partial charge in [-0.25, -0.2) is 0 Å². The molecule has 0 saturated carbocycles. The molecule has 1 amide bonds. The number of amides is 1. The number of nitrogens with zero attached hydrogens (tertiary/aromatic N) is 3. The van der Waals surface area contributed by atoms with Crippen LogP contribution in [-0.4, -0.2) is 59.1 Å². The molecule has 0 fully saturated rings. The molecule has 10 heteroatoms. The van der Waals surface area contributed by atoms with Gasteiger partial charge >= 0.3 is 0 Å². The molecule has 0 spiro atoms. The van der Waals surface area contributed by atoms with E-state index in [1.807, 2.05) is 31.2 Å². The van der Waals surface area contributed by atoms with Crippen LogP contribution in [0.15, 0.2) is 46.1 Å². The molecule has 1 aromatic carbocycles. The summed E-state index contributed by atoms with van der Waals surface area (Å²) in [5.74, 6) is 1.85. The topological polar surface area (TPSA) is 76.6 Å². The fraction of sp³-hybridized carbons (Fsp3) is 0.381. The number of fused-ring (bicyclic) bond motifs is 1. The van der Waals surface area contributed by atoms with Gasteiger partial charge in [0.2, 0.25) is 11.0 Å². The third kappa shape index (κ3) is 6.11. The number of anilines is 1. The van der Waals surface area contributed by atoms with E-state index in [1.54, 1.807) is 16.2 Å². The molecule has 0 aliphatic carbocycles. The number of benzene rings is 1. The lowest BCUT2D eigenvalue weighted by Crippen LogP contribution is -2.44. The molecule has 2 aromatic heterocycles. The van der Waals surface area contributed by atoms with Crippen molar-refractivity contribution in [3.8, 4) is 11.5 Å². The highest BCUT2D eigenvalue weighted by molar-refractivity contribution is 8.01. The first-order chi connectivity index (χ1) is 15.2. The van der Waals surface area contributed by atoms with Gasteiger partial charge in [0.25, 0.3) is 0 Å². The minimum Gasteiger partial charge on any atom is -0.486 e. The molecule has 3 aromatic rings. The summed E-state index contributed by atoms with van der Waals surface area (Å²) < 4.78 is 12.5. The lowest BCUT2D eigenvalue weighted by atomic mass is 10.2. The molecule has 1 aliphatic heterocycles. The molecule has 1 atom stereocenters. The zero-order chi connectivity index (χ0) is 21.5. The van der Waals surface area contributed by atoms with Gasteiger partial charge < -0.3 is 19.7 Å². The van der Waals surface area contributed by atoms with E-state index in [9.17, 15) is 4.79 Å². The van der Waals surface area contributed by atoms with Crippen molar-refractivity contribution in [3.05, 3.63) is 46.7 Å². The molecule has 1 N–H and O–H groups in total. The van der Waals surface area contributed by atoms with Gasteiger partial charge in [0.1, 0.15) is 6.61 Å². The Balaban J connectivity index is 1.22. The lowest BCUT2D eigenvalue weighted by Gasteiger charge is -2.30. The maximum absolute atomic E-state index is 12.7. The summed E-state index contributed by atoms with van der Waals surface area (Å²) in [6.45, 7) is 4.34. The second-order valence-corrected chi connectivity index (χ2v) is 10.1. The van der Waals surface area contributed by atoms with Gasteiger partial charge in [0.05, 0.1) is 12.3 Å². The van der Waals surface area contributed by atoms with Crippen LogP contribution in [0.5, 0.6) is 11.5 Å². The molecule has 1 unspecified atom stereocenters. The molecule has 31 heavy (non-hydrogen) atoms. The highest BCUT2D eigenvalue weighted by Gasteiger charge is 2.25. The first kappa shape index (κ1) is 21.9. The van der Waals surface area contributed by atoms with Gasteiger partial charge in [-0.3, -0.25) is 4.79 Å². The van der Waals surface area contributed by atoms with Crippen LogP contribution in [0.2, 0.25) is 0 Å². The molecule has 0 bridgehead atoms. The van der Waals surface area contributed by atoms with Crippen LogP contribution in [0.25, 0.3) is 0 Å². The highest BCUT2D eigenvalue weighted by atomic mass is 32.2. The van der Waals surface area contributed by atoms with E-state index in [0.29, 0.717) is 25.4 Å². The SMILES string of the molecule is CCN(CC1COc2ccccc2O1)C(=O)CSc1nnc(NCCc2cccs2)s1. The number of aromatic nitrogens is 2. The maximum atomic E-state index is 12.7. The Morgan fingerprint density at radius 2 is 2.13 bits per heavy atom. The van der Waals surface area contributed by atoms with Gasteiger partial charge in [-0.2, -0.15) is 0 Å². The fourth-order valence-corrected chi connectivity index (χ4v) is 5.50. The summed E-state index contributed by atoms with van der Waals surface area (Å²) in [6, 6.07) is 11.8. The number of carbonyl (C=O) groups is 1. The fourth-order valence-electron chi connectivity index (χ4n) is 3.11. The van der Waals surface area contributed by atoms with Crippen molar-refractivity contribution in [2.24, 2.45) is 0 Å². The Kier molecular flexibility index (Phi) is 7.66. The van der Waals surface area contributed by atoms with Crippen molar-refractivity contribution in [2.45, 2.75) is 23.8 Å². The zero-order valence-electron chi connectivity index (χ0n) is 17.2. The molecular formula is C21H24N4O3S3. The number of rotatable bonds is 10. The van der Waals surface area contributed by atoms with Crippen molar-refractivity contribution in [2.75, 3.05) is 37.3 Å². The lowest BCUT2D eigenvalue weighted by molar-refractivity contribution is -0.129. The molecule has 1 aliphatic rings. The van der Waals surface area contributed by atoms with Crippen LogP contribution in [0.3, 0.4) is 0 Å². The summed E-state index contributed by atoms with van der Waals surface area (Å²) in [7, 11) is 0. The van der Waals surface area contributed by atoms with E-state index in [-0.39, 0.29) is 12.0 Å². The average Bonchev–Trinajstić information content (AvgIpc) is 3.48. The molecular weight excluding hydrogens is 452 g/mol. The summed E-state index contributed by atoms with van der Waals surface area (Å²) >= 11 is 4.65. The first-order valence-electron chi connectivity index (χ1n) is 10.1. The number of nitrogens with one attached hydrogen (secondary N) is 1. The number of likely N-dealkylation sites (N-methyl/N-ethyl adjacent to an activating group) is 1. The van der Waals surface area contributed by atoms with Gasteiger partial charge in [0.15, 0.2) is 21.9 Å². The smallest absolute Gasteiger partial charge is 0.233 e. The largest absolute Gasteiger partial charge is 0.486 e. The Hall–Kier alpha value is -2.30. The van der Waals surface area contributed by atoms with Crippen molar-refractivity contribution >= 4 is 45.5 Å². The Bertz CT molecular complexity index is 980. The number of hydrogen-bond donors (Lipinski definition) is 1.